The lowest BCUT2D eigenvalue weighted by Crippen LogP contribution is -2.18. The second-order valence-electron chi connectivity index (χ2n) is 3.26. The Morgan fingerprint density at radius 1 is 1.41 bits per heavy atom. The van der Waals surface area contributed by atoms with Crippen LogP contribution in [0.15, 0.2) is 36.5 Å². The number of hydrogen-bond acceptors (Lipinski definition) is 5. The van der Waals surface area contributed by atoms with Crippen molar-refractivity contribution in [1.29, 1.82) is 0 Å². The number of ether oxygens (including phenoxy) is 2. The van der Waals surface area contributed by atoms with E-state index in [9.17, 15) is 9.59 Å². The van der Waals surface area contributed by atoms with Gasteiger partial charge in [0.1, 0.15) is 0 Å². The summed E-state index contributed by atoms with van der Waals surface area (Å²) in [4.78, 5) is 26.4. The molecule has 0 N–H and O–H groups in total. The Balaban J connectivity index is 3.00. The monoisotopic (exact) mass is 235 g/mol. The number of nitrogens with zero attached hydrogens (tertiary/aromatic N) is 1. The molecule has 1 atom stereocenters. The van der Waals surface area contributed by atoms with Crippen molar-refractivity contribution in [2.75, 3.05) is 7.11 Å². The van der Waals surface area contributed by atoms with Gasteiger partial charge in [-0.25, -0.2) is 4.79 Å². The first-order valence-corrected chi connectivity index (χ1v) is 4.91. The average Bonchev–Trinajstić information content (AvgIpc) is 2.35. The average molecular weight is 235 g/mol. The van der Waals surface area contributed by atoms with Gasteiger partial charge < -0.3 is 9.47 Å². The van der Waals surface area contributed by atoms with Crippen LogP contribution in [0.3, 0.4) is 0 Å². The maximum atomic E-state index is 11.4. The second kappa shape index (κ2) is 5.79. The maximum absolute atomic E-state index is 11.4. The molecule has 0 fully saturated rings. The summed E-state index contributed by atoms with van der Waals surface area (Å²) in [5.41, 5.74) is 0.458. The molecule has 17 heavy (non-hydrogen) atoms. The number of rotatable bonds is 4. The summed E-state index contributed by atoms with van der Waals surface area (Å²) in [6, 6.07) is 5.08. The van der Waals surface area contributed by atoms with Crippen molar-refractivity contribution < 1.29 is 19.1 Å². The van der Waals surface area contributed by atoms with E-state index < -0.39 is 18.0 Å². The van der Waals surface area contributed by atoms with E-state index in [0.717, 1.165) is 0 Å². The normalized spacial score (nSPS) is 11.4. The summed E-state index contributed by atoms with van der Waals surface area (Å²) < 4.78 is 9.56. The first-order chi connectivity index (χ1) is 8.06. The van der Waals surface area contributed by atoms with Crippen molar-refractivity contribution in [1.82, 2.24) is 4.98 Å². The van der Waals surface area contributed by atoms with Crippen LogP contribution in [-0.4, -0.2) is 24.0 Å². The number of aromatic nitrogens is 1. The third-order valence-electron chi connectivity index (χ3n) is 2.00. The summed E-state index contributed by atoms with van der Waals surface area (Å²) in [6.07, 6.45) is 0.622. The standard InChI is InChI=1S/C12H13NO4/c1-8(12(15)16-3)11(17-9(2)14)10-6-4-5-7-13-10/h4-7,11H,1H2,2-3H3. The van der Waals surface area contributed by atoms with Crippen LogP contribution in [0.4, 0.5) is 0 Å². The Morgan fingerprint density at radius 2 is 2.12 bits per heavy atom. The third-order valence-corrected chi connectivity index (χ3v) is 2.00. The SMILES string of the molecule is C=C(C(=O)OC)C(OC(C)=O)c1ccccn1. The number of hydrogen-bond donors (Lipinski definition) is 0. The smallest absolute Gasteiger partial charge is 0.337 e. The van der Waals surface area contributed by atoms with Gasteiger partial charge in [-0.3, -0.25) is 9.78 Å². The van der Waals surface area contributed by atoms with Crippen molar-refractivity contribution in [2.24, 2.45) is 0 Å². The lowest BCUT2D eigenvalue weighted by atomic mass is 10.1. The predicted molar refractivity (Wildman–Crippen MR) is 59.9 cm³/mol. The highest BCUT2D eigenvalue weighted by atomic mass is 16.6. The van der Waals surface area contributed by atoms with E-state index in [4.69, 9.17) is 4.74 Å². The van der Waals surface area contributed by atoms with Gasteiger partial charge in [0.05, 0.1) is 18.4 Å². The first-order valence-electron chi connectivity index (χ1n) is 4.91. The molecule has 1 unspecified atom stereocenters. The fourth-order valence-electron chi connectivity index (χ4n) is 1.25. The van der Waals surface area contributed by atoms with E-state index in [-0.39, 0.29) is 5.57 Å². The molecule has 0 spiro atoms. The van der Waals surface area contributed by atoms with Crippen molar-refractivity contribution in [2.45, 2.75) is 13.0 Å². The lowest BCUT2D eigenvalue weighted by molar-refractivity contribution is -0.147. The largest absolute Gasteiger partial charge is 0.466 e. The lowest BCUT2D eigenvalue weighted by Gasteiger charge is -2.17. The number of pyridine rings is 1. The summed E-state index contributed by atoms with van der Waals surface area (Å²) in [7, 11) is 1.23. The zero-order chi connectivity index (χ0) is 12.8. The van der Waals surface area contributed by atoms with Gasteiger partial charge in [0.2, 0.25) is 0 Å². The molecule has 0 saturated heterocycles. The third kappa shape index (κ3) is 3.41. The first kappa shape index (κ1) is 12.9. The molecule has 0 amide bonds. The van der Waals surface area contributed by atoms with Crippen LogP contribution in [0.2, 0.25) is 0 Å². The van der Waals surface area contributed by atoms with Gasteiger partial charge in [-0.15, -0.1) is 0 Å². The van der Waals surface area contributed by atoms with Gasteiger partial charge in [-0.05, 0) is 12.1 Å². The van der Waals surface area contributed by atoms with Crippen molar-refractivity contribution >= 4 is 11.9 Å². The molecule has 0 radical (unpaired) electrons. The van der Waals surface area contributed by atoms with Crippen LogP contribution in [0.25, 0.3) is 0 Å². The minimum atomic E-state index is -0.916. The molecule has 0 saturated carbocycles. The van der Waals surface area contributed by atoms with Crippen molar-refractivity contribution in [3.8, 4) is 0 Å². The Hall–Kier alpha value is -2.17. The molecule has 1 aromatic heterocycles. The molecular weight excluding hydrogens is 222 g/mol. The molecule has 0 aliphatic heterocycles. The molecule has 5 nitrogen and oxygen atoms in total. The molecule has 90 valence electrons. The van der Waals surface area contributed by atoms with E-state index in [0.29, 0.717) is 5.69 Å². The molecule has 0 bridgehead atoms. The molecule has 0 aliphatic rings. The van der Waals surface area contributed by atoms with Crippen LogP contribution in [-0.2, 0) is 19.1 Å². The Morgan fingerprint density at radius 3 is 2.59 bits per heavy atom. The fraction of sp³-hybridized carbons (Fsp3) is 0.250. The molecule has 1 heterocycles. The van der Waals surface area contributed by atoms with Crippen LogP contribution in [0.5, 0.6) is 0 Å². The molecule has 0 aromatic carbocycles. The van der Waals surface area contributed by atoms with Crippen LogP contribution in [0, 0.1) is 0 Å². The van der Waals surface area contributed by atoms with Gasteiger partial charge in [-0.2, -0.15) is 0 Å². The summed E-state index contributed by atoms with van der Waals surface area (Å²) >= 11 is 0. The van der Waals surface area contributed by atoms with Gasteiger partial charge in [-0.1, -0.05) is 12.6 Å². The molecular formula is C12H13NO4. The fourth-order valence-corrected chi connectivity index (χ4v) is 1.25. The van der Waals surface area contributed by atoms with Gasteiger partial charge >= 0.3 is 11.9 Å². The quantitative estimate of drug-likeness (QED) is 0.583. The molecule has 5 heteroatoms. The number of esters is 2. The van der Waals surface area contributed by atoms with E-state index in [2.05, 4.69) is 16.3 Å². The second-order valence-corrected chi connectivity index (χ2v) is 3.26. The minimum Gasteiger partial charge on any atom is -0.466 e. The van der Waals surface area contributed by atoms with Gasteiger partial charge in [0.25, 0.3) is 0 Å². The zero-order valence-electron chi connectivity index (χ0n) is 9.67. The Kier molecular flexibility index (Phi) is 4.39. The number of methoxy groups -OCH3 is 1. The zero-order valence-corrected chi connectivity index (χ0v) is 9.67. The van der Waals surface area contributed by atoms with Crippen molar-refractivity contribution in [3.05, 3.63) is 42.2 Å². The highest BCUT2D eigenvalue weighted by molar-refractivity contribution is 5.89. The maximum Gasteiger partial charge on any atom is 0.337 e. The van der Waals surface area contributed by atoms with Crippen LogP contribution in [0.1, 0.15) is 18.7 Å². The van der Waals surface area contributed by atoms with Gasteiger partial charge in [0.15, 0.2) is 6.10 Å². The highest BCUT2D eigenvalue weighted by Crippen LogP contribution is 2.23. The van der Waals surface area contributed by atoms with E-state index in [1.807, 2.05) is 0 Å². The van der Waals surface area contributed by atoms with Crippen LogP contribution >= 0.6 is 0 Å². The Labute approximate surface area is 99.1 Å². The van der Waals surface area contributed by atoms with Crippen molar-refractivity contribution in [3.63, 3.8) is 0 Å². The summed E-state index contributed by atoms with van der Waals surface area (Å²) in [6.45, 7) is 4.81. The van der Waals surface area contributed by atoms with E-state index in [1.54, 1.807) is 18.2 Å². The van der Waals surface area contributed by atoms with Gasteiger partial charge in [0, 0.05) is 13.1 Å². The topological polar surface area (TPSA) is 65.5 Å². The Bertz CT molecular complexity index is 427. The minimum absolute atomic E-state index is 0.0291. The van der Waals surface area contributed by atoms with E-state index >= 15 is 0 Å². The molecule has 1 rings (SSSR count). The number of carbonyl (C=O) groups is 2. The molecule has 1 aromatic rings. The summed E-state index contributed by atoms with van der Waals surface area (Å²) in [5, 5.41) is 0. The summed E-state index contributed by atoms with van der Waals surface area (Å²) in [5.74, 6) is -1.16. The van der Waals surface area contributed by atoms with Crippen LogP contribution < -0.4 is 0 Å². The predicted octanol–water partition coefficient (Wildman–Crippen LogP) is 1.41. The molecule has 0 aliphatic carbocycles. The van der Waals surface area contributed by atoms with E-state index in [1.165, 1.54) is 20.2 Å². The number of carbonyl (C=O) groups excluding carboxylic acids is 2. The highest BCUT2D eigenvalue weighted by Gasteiger charge is 2.25.